The van der Waals surface area contributed by atoms with Gasteiger partial charge in [-0.3, -0.25) is 0 Å². The first-order chi connectivity index (χ1) is 5.68. The summed E-state index contributed by atoms with van der Waals surface area (Å²) in [5, 5.41) is 0. The van der Waals surface area contributed by atoms with Crippen LogP contribution in [-0.2, 0) is 11.3 Å². The fourth-order valence-electron chi connectivity index (χ4n) is 1.17. The van der Waals surface area contributed by atoms with Crippen LogP contribution in [0.4, 0.5) is 5.69 Å². The standard InChI is InChI=1S/C8H6BrNO2/c9-6-2-5-4(1-7(6)10)3-12-8(5)11/h1-2H,3,10H2. The van der Waals surface area contributed by atoms with Crippen LogP contribution in [-0.4, -0.2) is 5.97 Å². The summed E-state index contributed by atoms with van der Waals surface area (Å²) in [6, 6.07) is 3.45. The number of benzene rings is 1. The van der Waals surface area contributed by atoms with Gasteiger partial charge in [0.2, 0.25) is 0 Å². The number of hydrogen-bond donors (Lipinski definition) is 1. The quantitative estimate of drug-likeness (QED) is 0.543. The second kappa shape index (κ2) is 2.48. The van der Waals surface area contributed by atoms with Crippen LogP contribution in [0.5, 0.6) is 0 Å². The molecule has 0 bridgehead atoms. The van der Waals surface area contributed by atoms with E-state index in [9.17, 15) is 4.79 Å². The predicted molar refractivity (Wildman–Crippen MR) is 47.7 cm³/mol. The molecular formula is C8H6BrNO2. The van der Waals surface area contributed by atoms with Crippen molar-refractivity contribution in [3.8, 4) is 0 Å². The highest BCUT2D eigenvalue weighted by molar-refractivity contribution is 9.10. The van der Waals surface area contributed by atoms with Gasteiger partial charge in [-0.2, -0.15) is 0 Å². The summed E-state index contributed by atoms with van der Waals surface area (Å²) in [5.41, 5.74) is 7.73. The predicted octanol–water partition coefficient (Wildman–Crippen LogP) is 1.70. The molecule has 2 N–H and O–H groups in total. The Balaban J connectivity index is 2.63. The van der Waals surface area contributed by atoms with Gasteiger partial charge in [0, 0.05) is 15.7 Å². The van der Waals surface area contributed by atoms with Crippen LogP contribution < -0.4 is 5.73 Å². The number of halogens is 1. The molecule has 1 aromatic carbocycles. The van der Waals surface area contributed by atoms with Gasteiger partial charge in [-0.25, -0.2) is 4.79 Å². The third-order valence-corrected chi connectivity index (χ3v) is 2.49. The molecule has 0 spiro atoms. The molecule has 0 amide bonds. The Bertz CT molecular complexity index is 362. The fourth-order valence-corrected chi connectivity index (χ4v) is 1.51. The van der Waals surface area contributed by atoms with Gasteiger partial charge in [0.25, 0.3) is 0 Å². The van der Waals surface area contributed by atoms with Gasteiger partial charge < -0.3 is 10.5 Å². The molecular weight excluding hydrogens is 222 g/mol. The van der Waals surface area contributed by atoms with E-state index in [1.165, 1.54) is 0 Å². The van der Waals surface area contributed by atoms with Gasteiger partial charge in [0.1, 0.15) is 6.61 Å². The minimum atomic E-state index is -0.272. The van der Waals surface area contributed by atoms with E-state index in [1.54, 1.807) is 12.1 Å². The van der Waals surface area contributed by atoms with E-state index in [0.717, 1.165) is 10.0 Å². The normalized spacial score (nSPS) is 14.2. The first-order valence-corrected chi connectivity index (χ1v) is 4.23. The topological polar surface area (TPSA) is 52.3 Å². The van der Waals surface area contributed by atoms with Gasteiger partial charge in [-0.05, 0) is 28.1 Å². The fraction of sp³-hybridized carbons (Fsp3) is 0.125. The molecule has 3 nitrogen and oxygen atoms in total. The van der Waals surface area contributed by atoms with E-state index in [2.05, 4.69) is 15.9 Å². The smallest absolute Gasteiger partial charge is 0.338 e. The van der Waals surface area contributed by atoms with E-state index in [4.69, 9.17) is 10.5 Å². The molecule has 0 saturated carbocycles. The molecule has 4 heteroatoms. The summed E-state index contributed by atoms with van der Waals surface area (Å²) in [4.78, 5) is 11.0. The van der Waals surface area contributed by atoms with Crippen molar-refractivity contribution in [1.29, 1.82) is 0 Å². The van der Waals surface area contributed by atoms with E-state index < -0.39 is 0 Å². The summed E-state index contributed by atoms with van der Waals surface area (Å²) in [6.07, 6.45) is 0. The number of nitrogen functional groups attached to an aromatic ring is 1. The summed E-state index contributed by atoms with van der Waals surface area (Å²) in [7, 11) is 0. The van der Waals surface area contributed by atoms with Crippen molar-refractivity contribution >= 4 is 27.6 Å². The van der Waals surface area contributed by atoms with Gasteiger partial charge >= 0.3 is 5.97 Å². The zero-order valence-corrected chi connectivity index (χ0v) is 7.72. The lowest BCUT2D eigenvalue weighted by atomic mass is 10.1. The van der Waals surface area contributed by atoms with Crippen LogP contribution in [0, 0.1) is 0 Å². The summed E-state index contributed by atoms with van der Waals surface area (Å²) in [6.45, 7) is 0.339. The maximum atomic E-state index is 11.0. The number of rotatable bonds is 0. The van der Waals surface area contributed by atoms with Crippen molar-refractivity contribution in [2.75, 3.05) is 5.73 Å². The van der Waals surface area contributed by atoms with Crippen LogP contribution in [0.25, 0.3) is 0 Å². The van der Waals surface area contributed by atoms with Crippen LogP contribution in [0.1, 0.15) is 15.9 Å². The van der Waals surface area contributed by atoms with E-state index in [0.29, 0.717) is 17.9 Å². The molecule has 12 heavy (non-hydrogen) atoms. The Morgan fingerprint density at radius 3 is 3.00 bits per heavy atom. The maximum absolute atomic E-state index is 11.0. The van der Waals surface area contributed by atoms with Crippen molar-refractivity contribution in [2.45, 2.75) is 6.61 Å². The number of carbonyl (C=O) groups is 1. The number of carbonyl (C=O) groups excluding carboxylic acids is 1. The van der Waals surface area contributed by atoms with Crippen molar-refractivity contribution < 1.29 is 9.53 Å². The van der Waals surface area contributed by atoms with Crippen molar-refractivity contribution in [3.63, 3.8) is 0 Å². The van der Waals surface area contributed by atoms with E-state index in [1.807, 2.05) is 0 Å². The molecule has 1 aliphatic rings. The number of nitrogens with two attached hydrogens (primary N) is 1. The minimum absolute atomic E-state index is 0.272. The van der Waals surface area contributed by atoms with Gasteiger partial charge in [0.15, 0.2) is 0 Å². The number of anilines is 1. The lowest BCUT2D eigenvalue weighted by Crippen LogP contribution is -1.95. The number of hydrogen-bond acceptors (Lipinski definition) is 3. The first kappa shape index (κ1) is 7.61. The molecule has 0 saturated heterocycles. The largest absolute Gasteiger partial charge is 0.457 e. The number of fused-ring (bicyclic) bond motifs is 1. The van der Waals surface area contributed by atoms with Crippen LogP contribution in [0.2, 0.25) is 0 Å². The Morgan fingerprint density at radius 1 is 1.50 bits per heavy atom. The molecule has 0 radical (unpaired) electrons. The monoisotopic (exact) mass is 227 g/mol. The minimum Gasteiger partial charge on any atom is -0.457 e. The highest BCUT2D eigenvalue weighted by Gasteiger charge is 2.21. The second-order valence-electron chi connectivity index (χ2n) is 2.61. The highest BCUT2D eigenvalue weighted by atomic mass is 79.9. The van der Waals surface area contributed by atoms with Crippen molar-refractivity contribution in [1.82, 2.24) is 0 Å². The molecule has 0 unspecified atom stereocenters. The van der Waals surface area contributed by atoms with E-state index in [-0.39, 0.29) is 5.97 Å². The summed E-state index contributed by atoms with van der Waals surface area (Å²) < 4.78 is 5.55. The number of esters is 1. The average Bonchev–Trinajstić information content (AvgIpc) is 2.35. The molecule has 62 valence electrons. The first-order valence-electron chi connectivity index (χ1n) is 3.43. The van der Waals surface area contributed by atoms with Crippen molar-refractivity contribution in [2.24, 2.45) is 0 Å². The molecule has 1 heterocycles. The number of ether oxygens (including phenoxy) is 1. The molecule has 0 atom stereocenters. The molecule has 2 rings (SSSR count). The number of cyclic esters (lactones) is 1. The Morgan fingerprint density at radius 2 is 2.25 bits per heavy atom. The summed E-state index contributed by atoms with van der Waals surface area (Å²) >= 11 is 3.24. The SMILES string of the molecule is Nc1cc2c(cc1Br)C(=O)OC2. The van der Waals surface area contributed by atoms with Gasteiger partial charge in [0.05, 0.1) is 5.56 Å². The van der Waals surface area contributed by atoms with Gasteiger partial charge in [-0.15, -0.1) is 0 Å². The zero-order valence-electron chi connectivity index (χ0n) is 6.13. The average molecular weight is 228 g/mol. The molecule has 1 aliphatic heterocycles. The van der Waals surface area contributed by atoms with E-state index >= 15 is 0 Å². The third-order valence-electron chi connectivity index (χ3n) is 1.80. The maximum Gasteiger partial charge on any atom is 0.338 e. The second-order valence-corrected chi connectivity index (χ2v) is 3.46. The molecule has 0 aliphatic carbocycles. The lowest BCUT2D eigenvalue weighted by molar-refractivity contribution is 0.0535. The summed E-state index contributed by atoms with van der Waals surface area (Å²) in [5.74, 6) is -0.272. The Kier molecular flexibility index (Phi) is 1.58. The lowest BCUT2D eigenvalue weighted by Gasteiger charge is -1.99. The molecule has 1 aromatic rings. The zero-order chi connectivity index (χ0) is 8.72. The van der Waals surface area contributed by atoms with Gasteiger partial charge in [-0.1, -0.05) is 0 Å². The van der Waals surface area contributed by atoms with Crippen molar-refractivity contribution in [3.05, 3.63) is 27.7 Å². The van der Waals surface area contributed by atoms with Crippen LogP contribution in [0.3, 0.4) is 0 Å². The Hall–Kier alpha value is -1.03. The Labute approximate surface area is 77.6 Å². The van der Waals surface area contributed by atoms with Crippen LogP contribution in [0.15, 0.2) is 16.6 Å². The third kappa shape index (κ3) is 0.992. The highest BCUT2D eigenvalue weighted by Crippen LogP contribution is 2.28. The molecule has 0 fully saturated rings. The molecule has 0 aromatic heterocycles. The van der Waals surface area contributed by atoms with Crippen LogP contribution >= 0.6 is 15.9 Å².